The van der Waals surface area contributed by atoms with Gasteiger partial charge in [0.2, 0.25) is 0 Å². The maximum Gasteiger partial charge on any atom is 0.328 e. The van der Waals surface area contributed by atoms with Crippen molar-refractivity contribution in [2.45, 2.75) is 20.5 Å². The molecule has 0 aliphatic rings. The second-order valence-corrected chi connectivity index (χ2v) is 4.80. The van der Waals surface area contributed by atoms with Gasteiger partial charge in [0.05, 0.1) is 0 Å². The molecular weight excluding hydrogens is 266 g/mol. The van der Waals surface area contributed by atoms with Crippen LogP contribution < -0.4 is 4.74 Å². The molecule has 2 aromatic rings. The van der Waals surface area contributed by atoms with Crippen LogP contribution in [0.2, 0.25) is 0 Å². The Labute approximate surface area is 123 Å². The number of nitrogens with zero attached hydrogens (tertiary/aromatic N) is 1. The van der Waals surface area contributed by atoms with Crippen molar-refractivity contribution >= 4 is 12.0 Å². The summed E-state index contributed by atoms with van der Waals surface area (Å²) >= 11 is 0. The normalized spacial score (nSPS) is 10.8. The Bertz CT molecular complexity index is 640. The Morgan fingerprint density at radius 3 is 2.43 bits per heavy atom. The number of hydrogen-bond donors (Lipinski definition) is 1. The van der Waals surface area contributed by atoms with Crippen molar-refractivity contribution < 1.29 is 14.6 Å². The van der Waals surface area contributed by atoms with E-state index in [4.69, 9.17) is 9.84 Å². The van der Waals surface area contributed by atoms with Gasteiger partial charge < -0.3 is 9.84 Å². The molecule has 0 radical (unpaired) electrons. The molecule has 0 amide bonds. The molecule has 2 rings (SSSR count). The first-order chi connectivity index (χ1) is 10.1. The topological polar surface area (TPSA) is 59.4 Å². The van der Waals surface area contributed by atoms with Gasteiger partial charge in [-0.15, -0.1) is 0 Å². The lowest BCUT2D eigenvalue weighted by Crippen LogP contribution is -1.99. The fourth-order valence-corrected chi connectivity index (χ4v) is 2.11. The zero-order valence-corrected chi connectivity index (χ0v) is 12.0. The zero-order valence-electron chi connectivity index (χ0n) is 12.0. The number of hydrogen-bond acceptors (Lipinski definition) is 3. The van der Waals surface area contributed by atoms with Crippen LogP contribution in [-0.4, -0.2) is 16.1 Å². The van der Waals surface area contributed by atoms with E-state index in [9.17, 15) is 4.79 Å². The van der Waals surface area contributed by atoms with E-state index >= 15 is 0 Å². The van der Waals surface area contributed by atoms with Gasteiger partial charge in [0.1, 0.15) is 12.4 Å². The number of aliphatic carboxylic acids is 1. The Hall–Kier alpha value is -2.62. The molecule has 1 N–H and O–H groups in total. The molecule has 1 aromatic heterocycles. The first-order valence-electron chi connectivity index (χ1n) is 6.60. The lowest BCUT2D eigenvalue weighted by molar-refractivity contribution is -0.131. The van der Waals surface area contributed by atoms with Crippen molar-refractivity contribution in [3.63, 3.8) is 0 Å². The quantitative estimate of drug-likeness (QED) is 0.855. The van der Waals surface area contributed by atoms with Crippen molar-refractivity contribution in [3.8, 4) is 5.75 Å². The summed E-state index contributed by atoms with van der Waals surface area (Å²) in [6.07, 6.45) is 6.18. The number of aryl methyl sites for hydroxylation is 2. The summed E-state index contributed by atoms with van der Waals surface area (Å²) in [4.78, 5) is 14.5. The third kappa shape index (κ3) is 4.18. The average Bonchev–Trinajstić information content (AvgIpc) is 2.45. The van der Waals surface area contributed by atoms with Crippen LogP contribution in [0, 0.1) is 13.8 Å². The van der Waals surface area contributed by atoms with Crippen LogP contribution in [0.15, 0.2) is 42.7 Å². The van der Waals surface area contributed by atoms with Crippen molar-refractivity contribution in [2.75, 3.05) is 0 Å². The van der Waals surface area contributed by atoms with Crippen molar-refractivity contribution in [2.24, 2.45) is 0 Å². The second-order valence-electron chi connectivity index (χ2n) is 4.80. The highest BCUT2D eigenvalue weighted by Gasteiger charge is 2.06. The van der Waals surface area contributed by atoms with E-state index in [0.717, 1.165) is 34.1 Å². The van der Waals surface area contributed by atoms with E-state index in [-0.39, 0.29) is 0 Å². The van der Waals surface area contributed by atoms with E-state index in [2.05, 4.69) is 4.98 Å². The number of rotatable bonds is 5. The van der Waals surface area contributed by atoms with Gasteiger partial charge in [-0.2, -0.15) is 0 Å². The molecule has 1 aromatic carbocycles. The number of ether oxygens (including phenoxy) is 1. The largest absolute Gasteiger partial charge is 0.488 e. The summed E-state index contributed by atoms with van der Waals surface area (Å²) in [6.45, 7) is 4.38. The Morgan fingerprint density at radius 1 is 1.24 bits per heavy atom. The SMILES string of the molecule is Cc1cc(/C=C/C(=O)O)cc(C)c1OCc1ccncc1. The molecule has 0 atom stereocenters. The maximum absolute atomic E-state index is 10.6. The molecule has 1 heterocycles. The minimum Gasteiger partial charge on any atom is -0.488 e. The van der Waals surface area contributed by atoms with Crippen LogP contribution >= 0.6 is 0 Å². The predicted molar refractivity (Wildman–Crippen MR) is 81.2 cm³/mol. The van der Waals surface area contributed by atoms with E-state index in [1.54, 1.807) is 18.5 Å². The maximum atomic E-state index is 10.6. The number of carboxylic acids is 1. The smallest absolute Gasteiger partial charge is 0.328 e. The van der Waals surface area contributed by atoms with E-state index in [1.807, 2.05) is 38.1 Å². The summed E-state index contributed by atoms with van der Waals surface area (Å²) in [7, 11) is 0. The second kappa shape index (κ2) is 6.70. The number of carboxylic acid groups (broad SMARTS) is 1. The monoisotopic (exact) mass is 283 g/mol. The van der Waals surface area contributed by atoms with Crippen LogP contribution in [0.3, 0.4) is 0 Å². The average molecular weight is 283 g/mol. The zero-order chi connectivity index (χ0) is 15.2. The lowest BCUT2D eigenvalue weighted by atomic mass is 10.1. The molecule has 0 aliphatic carbocycles. The summed E-state index contributed by atoms with van der Waals surface area (Å²) in [5, 5.41) is 8.66. The van der Waals surface area contributed by atoms with Crippen LogP contribution in [0.4, 0.5) is 0 Å². The first-order valence-corrected chi connectivity index (χ1v) is 6.60. The van der Waals surface area contributed by atoms with Crippen molar-refractivity contribution in [1.29, 1.82) is 0 Å². The lowest BCUT2D eigenvalue weighted by Gasteiger charge is -2.13. The Kier molecular flexibility index (Phi) is 4.72. The summed E-state index contributed by atoms with van der Waals surface area (Å²) in [5.41, 5.74) is 3.87. The van der Waals surface area contributed by atoms with Gasteiger partial charge in [-0.3, -0.25) is 4.98 Å². The molecule has 0 saturated heterocycles. The molecular formula is C17H17NO3. The highest BCUT2D eigenvalue weighted by molar-refractivity contribution is 5.85. The number of pyridine rings is 1. The summed E-state index contributed by atoms with van der Waals surface area (Å²) in [6, 6.07) is 7.64. The molecule has 4 heteroatoms. The standard InChI is InChI=1S/C17H17NO3/c1-12-9-15(3-4-16(19)20)10-13(2)17(12)21-11-14-5-7-18-8-6-14/h3-10H,11H2,1-2H3,(H,19,20)/b4-3+. The molecule has 0 aliphatic heterocycles. The van der Waals surface area contributed by atoms with Crippen molar-refractivity contribution in [3.05, 3.63) is 65.0 Å². The van der Waals surface area contributed by atoms with Crippen LogP contribution in [0.1, 0.15) is 22.3 Å². The van der Waals surface area contributed by atoms with Crippen molar-refractivity contribution in [1.82, 2.24) is 4.98 Å². The third-order valence-electron chi connectivity index (χ3n) is 3.03. The number of carbonyl (C=O) groups is 1. The van der Waals surface area contributed by atoms with E-state index < -0.39 is 5.97 Å². The van der Waals surface area contributed by atoms with Crippen LogP contribution in [-0.2, 0) is 11.4 Å². The Balaban J connectivity index is 2.15. The summed E-state index contributed by atoms with van der Waals surface area (Å²) in [5.74, 6) is -0.123. The molecule has 0 saturated carbocycles. The number of aromatic nitrogens is 1. The predicted octanol–water partition coefficient (Wildman–Crippen LogP) is 3.38. The van der Waals surface area contributed by atoms with Crippen LogP contribution in [0.25, 0.3) is 6.08 Å². The highest BCUT2D eigenvalue weighted by Crippen LogP contribution is 2.26. The molecule has 4 nitrogen and oxygen atoms in total. The number of benzene rings is 1. The molecule has 0 fully saturated rings. The minimum absolute atomic E-state index is 0.481. The fourth-order valence-electron chi connectivity index (χ4n) is 2.11. The van der Waals surface area contributed by atoms with E-state index in [0.29, 0.717) is 6.61 Å². The minimum atomic E-state index is -0.955. The van der Waals surface area contributed by atoms with Gasteiger partial charge in [-0.1, -0.05) is 0 Å². The van der Waals surface area contributed by atoms with Gasteiger partial charge in [0.25, 0.3) is 0 Å². The van der Waals surface area contributed by atoms with E-state index in [1.165, 1.54) is 0 Å². The molecule has 0 spiro atoms. The molecule has 0 unspecified atom stereocenters. The van der Waals surface area contributed by atoms with Crippen LogP contribution in [0.5, 0.6) is 5.75 Å². The van der Waals surface area contributed by atoms with Gasteiger partial charge in [-0.25, -0.2) is 4.79 Å². The van der Waals surface area contributed by atoms with Gasteiger partial charge in [0.15, 0.2) is 0 Å². The Morgan fingerprint density at radius 2 is 1.86 bits per heavy atom. The van der Waals surface area contributed by atoms with Gasteiger partial charge in [0, 0.05) is 18.5 Å². The molecule has 21 heavy (non-hydrogen) atoms. The fraction of sp³-hybridized carbons (Fsp3) is 0.176. The van der Waals surface area contributed by atoms with Gasteiger partial charge in [-0.05, 0) is 66.4 Å². The first kappa shape index (κ1) is 14.8. The molecule has 0 bridgehead atoms. The molecule has 108 valence electrons. The third-order valence-corrected chi connectivity index (χ3v) is 3.03. The summed E-state index contributed by atoms with van der Waals surface area (Å²) < 4.78 is 5.87. The van der Waals surface area contributed by atoms with Gasteiger partial charge >= 0.3 is 5.97 Å². The highest BCUT2D eigenvalue weighted by atomic mass is 16.5.